The minimum absolute atomic E-state index is 0.226. The van der Waals surface area contributed by atoms with Crippen LogP contribution in [-0.4, -0.2) is 23.5 Å². The minimum Gasteiger partial charge on any atom is -0.359 e. The van der Waals surface area contributed by atoms with Crippen molar-refractivity contribution in [1.29, 1.82) is 10.5 Å². The highest BCUT2D eigenvalue weighted by Gasteiger charge is 2.16. The zero-order chi connectivity index (χ0) is 12.8. The van der Waals surface area contributed by atoms with Crippen molar-refractivity contribution in [3.63, 3.8) is 0 Å². The Balaban J connectivity index is 3.03. The van der Waals surface area contributed by atoms with Crippen molar-refractivity contribution < 1.29 is 4.92 Å². The molecule has 1 aromatic heterocycles. The minimum atomic E-state index is -0.648. The number of rotatable bonds is 4. The van der Waals surface area contributed by atoms with Crippen molar-refractivity contribution in [1.82, 2.24) is 4.98 Å². The van der Waals surface area contributed by atoms with Crippen molar-refractivity contribution in [2.45, 2.75) is 6.42 Å². The van der Waals surface area contributed by atoms with Crippen LogP contribution in [0.1, 0.15) is 12.1 Å². The van der Waals surface area contributed by atoms with E-state index in [1.165, 1.54) is 12.1 Å². The Labute approximate surface area is 97.7 Å². The van der Waals surface area contributed by atoms with Gasteiger partial charge in [-0.15, -0.1) is 0 Å². The first-order chi connectivity index (χ1) is 8.10. The Morgan fingerprint density at radius 2 is 2.24 bits per heavy atom. The molecule has 1 rings (SSSR count). The van der Waals surface area contributed by atoms with Gasteiger partial charge in [-0.1, -0.05) is 0 Å². The summed E-state index contributed by atoms with van der Waals surface area (Å²) in [5.74, 6) is 0.433. The molecule has 17 heavy (non-hydrogen) atoms. The number of hydrogen-bond acceptors (Lipinski definition) is 6. The van der Waals surface area contributed by atoms with Gasteiger partial charge in [0.15, 0.2) is 0 Å². The van der Waals surface area contributed by atoms with Crippen LogP contribution in [0.3, 0.4) is 0 Å². The fourth-order valence-electron chi connectivity index (χ4n) is 1.22. The summed E-state index contributed by atoms with van der Waals surface area (Å²) in [6.07, 6.45) is 0.317. The lowest BCUT2D eigenvalue weighted by molar-refractivity contribution is -0.385. The molecule has 0 unspecified atom stereocenters. The molecule has 0 saturated heterocycles. The van der Waals surface area contributed by atoms with E-state index in [0.29, 0.717) is 18.8 Å². The van der Waals surface area contributed by atoms with Gasteiger partial charge in [0.05, 0.1) is 17.4 Å². The second-order valence-electron chi connectivity index (χ2n) is 3.24. The first-order valence-electron chi connectivity index (χ1n) is 4.73. The molecule has 0 N–H and O–H groups in total. The Bertz CT molecular complexity index is 514. The summed E-state index contributed by atoms with van der Waals surface area (Å²) < 4.78 is 0. The number of hydrogen-bond donors (Lipinski definition) is 0. The van der Waals surface area contributed by atoms with E-state index in [0.717, 1.165) is 0 Å². The summed E-state index contributed by atoms with van der Waals surface area (Å²) in [7, 11) is 1.70. The summed E-state index contributed by atoms with van der Waals surface area (Å²) in [5, 5.41) is 27.8. The Hall–Kier alpha value is -2.67. The van der Waals surface area contributed by atoms with Crippen molar-refractivity contribution in [2.24, 2.45) is 0 Å². The third-order valence-electron chi connectivity index (χ3n) is 2.11. The van der Waals surface area contributed by atoms with E-state index in [1.807, 2.05) is 6.07 Å². The third kappa shape index (κ3) is 2.89. The molecule has 0 atom stereocenters. The lowest BCUT2D eigenvalue weighted by Gasteiger charge is -2.15. The molecule has 0 aromatic carbocycles. The molecule has 0 aliphatic carbocycles. The molecule has 0 aliphatic heterocycles. The van der Waals surface area contributed by atoms with Gasteiger partial charge >= 0.3 is 5.69 Å². The van der Waals surface area contributed by atoms with Crippen molar-refractivity contribution >= 4 is 11.5 Å². The largest absolute Gasteiger partial charge is 0.359 e. The van der Waals surface area contributed by atoms with E-state index in [4.69, 9.17) is 10.5 Å². The molecule has 0 fully saturated rings. The predicted molar refractivity (Wildman–Crippen MR) is 59.1 cm³/mol. The van der Waals surface area contributed by atoms with Gasteiger partial charge in [0.25, 0.3) is 0 Å². The SMILES string of the molecule is CN(CCC#N)c1ccc([N+](=O)[O-])c(C#N)n1. The molecule has 0 bridgehead atoms. The monoisotopic (exact) mass is 231 g/mol. The summed E-state index contributed by atoms with van der Waals surface area (Å²) >= 11 is 0. The fraction of sp³-hybridized carbons (Fsp3) is 0.300. The highest BCUT2D eigenvalue weighted by atomic mass is 16.6. The van der Waals surface area contributed by atoms with Gasteiger partial charge in [-0.25, -0.2) is 4.98 Å². The topological polar surface area (TPSA) is 107 Å². The Morgan fingerprint density at radius 1 is 1.53 bits per heavy atom. The maximum absolute atomic E-state index is 10.6. The van der Waals surface area contributed by atoms with E-state index in [1.54, 1.807) is 18.0 Å². The zero-order valence-corrected chi connectivity index (χ0v) is 9.12. The van der Waals surface area contributed by atoms with Crippen LogP contribution < -0.4 is 4.90 Å². The second kappa shape index (κ2) is 5.42. The Morgan fingerprint density at radius 3 is 2.76 bits per heavy atom. The standard InChI is InChI=1S/C10H9N5O2/c1-14(6-2-5-11)10-4-3-9(15(16)17)8(7-12)13-10/h3-4H,2,6H2,1H3. The van der Waals surface area contributed by atoms with Crippen molar-refractivity contribution in [3.05, 3.63) is 27.9 Å². The lowest BCUT2D eigenvalue weighted by Crippen LogP contribution is -2.19. The fourth-order valence-corrected chi connectivity index (χ4v) is 1.22. The Kier molecular flexibility index (Phi) is 3.96. The van der Waals surface area contributed by atoms with Crippen LogP contribution >= 0.6 is 0 Å². The normalized spacial score (nSPS) is 9.12. The quantitative estimate of drug-likeness (QED) is 0.569. The summed E-state index contributed by atoms with van der Waals surface area (Å²) in [6, 6.07) is 6.36. The van der Waals surface area contributed by atoms with E-state index >= 15 is 0 Å². The van der Waals surface area contributed by atoms with E-state index in [9.17, 15) is 10.1 Å². The van der Waals surface area contributed by atoms with E-state index < -0.39 is 4.92 Å². The first-order valence-corrected chi connectivity index (χ1v) is 4.73. The van der Waals surface area contributed by atoms with Crippen LogP contribution in [0.25, 0.3) is 0 Å². The van der Waals surface area contributed by atoms with Crippen LogP contribution in [0.5, 0.6) is 0 Å². The molecule has 0 radical (unpaired) electrons. The molecule has 0 amide bonds. The van der Waals surface area contributed by atoms with Crippen LogP contribution in [0.15, 0.2) is 12.1 Å². The number of pyridine rings is 1. The van der Waals surface area contributed by atoms with Gasteiger partial charge < -0.3 is 4.90 Å². The van der Waals surface area contributed by atoms with Crippen molar-refractivity contribution in [3.8, 4) is 12.1 Å². The molecule has 7 heteroatoms. The van der Waals surface area contributed by atoms with E-state index in [-0.39, 0.29) is 11.4 Å². The predicted octanol–water partition coefficient (Wildman–Crippen LogP) is 1.21. The second-order valence-corrected chi connectivity index (χ2v) is 3.24. The number of nitro groups is 1. The molecule has 0 aliphatic rings. The average Bonchev–Trinajstić information content (AvgIpc) is 2.34. The number of nitrogens with zero attached hydrogens (tertiary/aromatic N) is 5. The molecule has 0 spiro atoms. The van der Waals surface area contributed by atoms with Crippen LogP contribution in [0.4, 0.5) is 11.5 Å². The molecule has 1 aromatic rings. The lowest BCUT2D eigenvalue weighted by atomic mass is 10.3. The zero-order valence-electron chi connectivity index (χ0n) is 9.12. The molecular weight excluding hydrogens is 222 g/mol. The smallest absolute Gasteiger partial charge is 0.305 e. The highest BCUT2D eigenvalue weighted by molar-refractivity contribution is 5.51. The summed E-state index contributed by atoms with van der Waals surface area (Å²) in [6.45, 7) is 0.451. The molecule has 86 valence electrons. The van der Waals surface area contributed by atoms with E-state index in [2.05, 4.69) is 4.98 Å². The van der Waals surface area contributed by atoms with Gasteiger partial charge in [-0.05, 0) is 6.07 Å². The van der Waals surface area contributed by atoms with Gasteiger partial charge in [-0.2, -0.15) is 10.5 Å². The summed E-state index contributed by atoms with van der Waals surface area (Å²) in [5.41, 5.74) is -0.541. The van der Waals surface area contributed by atoms with Gasteiger partial charge in [0, 0.05) is 19.7 Å². The highest BCUT2D eigenvalue weighted by Crippen LogP contribution is 2.19. The van der Waals surface area contributed by atoms with Crippen LogP contribution in [0.2, 0.25) is 0 Å². The first kappa shape index (κ1) is 12.4. The third-order valence-corrected chi connectivity index (χ3v) is 2.11. The molecule has 1 heterocycles. The molecular formula is C10H9N5O2. The van der Waals surface area contributed by atoms with Crippen LogP contribution in [0, 0.1) is 32.8 Å². The maximum Gasteiger partial charge on any atom is 0.305 e. The van der Waals surface area contributed by atoms with Gasteiger partial charge in [-0.3, -0.25) is 10.1 Å². The van der Waals surface area contributed by atoms with Crippen molar-refractivity contribution in [2.75, 3.05) is 18.5 Å². The number of anilines is 1. The number of aromatic nitrogens is 1. The van der Waals surface area contributed by atoms with Gasteiger partial charge in [0.1, 0.15) is 11.9 Å². The maximum atomic E-state index is 10.6. The summed E-state index contributed by atoms with van der Waals surface area (Å²) in [4.78, 5) is 15.5. The molecule has 0 saturated carbocycles. The number of nitriles is 2. The van der Waals surface area contributed by atoms with Crippen LogP contribution in [-0.2, 0) is 0 Å². The van der Waals surface area contributed by atoms with Gasteiger partial charge in [0.2, 0.25) is 5.69 Å². The average molecular weight is 231 g/mol. The molecule has 7 nitrogen and oxygen atoms in total.